The maximum absolute atomic E-state index is 5.27. The molecule has 0 spiro atoms. The number of ether oxygens (including phenoxy) is 1. The van der Waals surface area contributed by atoms with Crippen molar-refractivity contribution in [1.82, 2.24) is 4.98 Å². The molecule has 1 aliphatic rings. The normalized spacial score (nSPS) is 22.9. The lowest BCUT2D eigenvalue weighted by molar-refractivity contribution is 0.415. The summed E-state index contributed by atoms with van der Waals surface area (Å²) in [6.07, 6.45) is 7.41. The van der Waals surface area contributed by atoms with E-state index in [4.69, 9.17) is 4.74 Å². The molecule has 1 aliphatic carbocycles. The zero-order valence-corrected chi connectivity index (χ0v) is 13.5. The van der Waals surface area contributed by atoms with E-state index in [1.54, 1.807) is 18.4 Å². The van der Waals surface area contributed by atoms with Crippen LogP contribution in [0.5, 0.6) is 5.75 Å². The molecule has 0 aliphatic heterocycles. The van der Waals surface area contributed by atoms with Crippen LogP contribution in [-0.2, 0) is 0 Å². The number of nitrogens with zero attached hydrogens (tertiary/aromatic N) is 1. The van der Waals surface area contributed by atoms with Gasteiger partial charge in [0.2, 0.25) is 0 Å². The first-order chi connectivity index (χ1) is 9.78. The molecule has 2 unspecified atom stereocenters. The second-order valence-electron chi connectivity index (χ2n) is 5.22. The highest BCUT2D eigenvalue weighted by Gasteiger charge is 2.21. The van der Waals surface area contributed by atoms with Crippen molar-refractivity contribution in [2.75, 3.05) is 18.7 Å². The minimum atomic E-state index is 0.573. The van der Waals surface area contributed by atoms with Gasteiger partial charge < -0.3 is 10.1 Å². The molecule has 1 N–H and O–H groups in total. The summed E-state index contributed by atoms with van der Waals surface area (Å²) in [5.41, 5.74) is 1.05. The number of thioether (sulfide) groups is 1. The number of nitrogens with one attached hydrogen (secondary N) is 1. The molecular weight excluding hydrogens is 288 g/mol. The van der Waals surface area contributed by atoms with Crippen molar-refractivity contribution >= 4 is 38.4 Å². The van der Waals surface area contributed by atoms with Crippen molar-refractivity contribution < 1.29 is 4.74 Å². The number of hydrogen-bond donors (Lipinski definition) is 1. The molecule has 3 nitrogen and oxygen atoms in total. The smallest absolute Gasteiger partial charge is 0.184 e. The quantitative estimate of drug-likeness (QED) is 0.908. The van der Waals surface area contributed by atoms with Gasteiger partial charge in [0.25, 0.3) is 0 Å². The lowest BCUT2D eigenvalue weighted by Gasteiger charge is -2.28. The van der Waals surface area contributed by atoms with Gasteiger partial charge >= 0.3 is 0 Å². The summed E-state index contributed by atoms with van der Waals surface area (Å²) in [6.45, 7) is 0. The third-order valence-electron chi connectivity index (χ3n) is 3.88. The molecule has 0 radical (unpaired) electrons. The summed E-state index contributed by atoms with van der Waals surface area (Å²) in [5.74, 6) is 0.896. The Kier molecular flexibility index (Phi) is 4.36. The van der Waals surface area contributed by atoms with Gasteiger partial charge in [0.05, 0.1) is 17.3 Å². The standard InChI is InChI=1S/C15H20N2OS2/c1-18-11-6-7-13-14(9-11)20-15(17-13)16-10-4-3-5-12(8-10)19-2/h6-7,9-10,12H,3-5,8H2,1-2H3,(H,16,17). The predicted molar refractivity (Wildman–Crippen MR) is 89.4 cm³/mol. The third-order valence-corrected chi connectivity index (χ3v) is 5.93. The Hall–Kier alpha value is -0.940. The molecule has 0 saturated heterocycles. The van der Waals surface area contributed by atoms with Crippen LogP contribution in [0, 0.1) is 0 Å². The van der Waals surface area contributed by atoms with Crippen molar-refractivity contribution in [1.29, 1.82) is 0 Å². The summed E-state index contributed by atoms with van der Waals surface area (Å²) in [7, 11) is 1.70. The third kappa shape index (κ3) is 3.04. The second kappa shape index (κ2) is 6.22. The molecular formula is C15H20N2OS2. The Morgan fingerprint density at radius 2 is 2.30 bits per heavy atom. The number of hydrogen-bond acceptors (Lipinski definition) is 5. The minimum absolute atomic E-state index is 0.573. The zero-order chi connectivity index (χ0) is 13.9. The van der Waals surface area contributed by atoms with Gasteiger partial charge in [-0.05, 0) is 43.7 Å². The number of anilines is 1. The van der Waals surface area contributed by atoms with Gasteiger partial charge in [-0.2, -0.15) is 11.8 Å². The van der Waals surface area contributed by atoms with Crippen LogP contribution >= 0.6 is 23.1 Å². The topological polar surface area (TPSA) is 34.1 Å². The Labute approximate surface area is 128 Å². The number of methoxy groups -OCH3 is 1. The van der Waals surface area contributed by atoms with Crippen LogP contribution in [0.1, 0.15) is 25.7 Å². The molecule has 3 rings (SSSR count). The van der Waals surface area contributed by atoms with Crippen molar-refractivity contribution in [2.24, 2.45) is 0 Å². The van der Waals surface area contributed by atoms with Crippen LogP contribution in [-0.4, -0.2) is 29.6 Å². The van der Waals surface area contributed by atoms with Crippen molar-refractivity contribution in [3.8, 4) is 5.75 Å². The number of rotatable bonds is 4. The summed E-state index contributed by atoms with van der Waals surface area (Å²) in [4.78, 5) is 4.68. The Bertz CT molecular complexity index is 584. The summed E-state index contributed by atoms with van der Waals surface area (Å²) in [6, 6.07) is 6.63. The minimum Gasteiger partial charge on any atom is -0.497 e. The molecule has 0 amide bonds. The second-order valence-corrected chi connectivity index (χ2v) is 7.39. The monoisotopic (exact) mass is 308 g/mol. The molecule has 0 bridgehead atoms. The van der Waals surface area contributed by atoms with Crippen LogP contribution in [0.3, 0.4) is 0 Å². The first kappa shape index (κ1) is 14.0. The van der Waals surface area contributed by atoms with Crippen LogP contribution in [0.2, 0.25) is 0 Å². The summed E-state index contributed by atoms with van der Waals surface area (Å²) in [5, 5.41) is 5.47. The van der Waals surface area contributed by atoms with Crippen LogP contribution in [0.4, 0.5) is 5.13 Å². The molecule has 2 atom stereocenters. The van der Waals surface area contributed by atoms with E-state index in [0.29, 0.717) is 6.04 Å². The number of fused-ring (bicyclic) bond motifs is 1. The Balaban J connectivity index is 1.74. The molecule has 2 aromatic rings. The highest BCUT2D eigenvalue weighted by molar-refractivity contribution is 7.99. The van der Waals surface area contributed by atoms with Crippen molar-refractivity contribution in [3.05, 3.63) is 18.2 Å². The molecule has 1 aromatic carbocycles. The van der Waals surface area contributed by atoms with Crippen molar-refractivity contribution in [3.63, 3.8) is 0 Å². The van der Waals surface area contributed by atoms with Crippen LogP contribution in [0.15, 0.2) is 18.2 Å². The van der Waals surface area contributed by atoms with Crippen molar-refractivity contribution in [2.45, 2.75) is 37.0 Å². The molecule has 20 heavy (non-hydrogen) atoms. The molecule has 5 heteroatoms. The number of thiazole rings is 1. The maximum atomic E-state index is 5.27. The zero-order valence-electron chi connectivity index (χ0n) is 11.9. The highest BCUT2D eigenvalue weighted by atomic mass is 32.2. The van der Waals surface area contributed by atoms with E-state index >= 15 is 0 Å². The van der Waals surface area contributed by atoms with Gasteiger partial charge in [0.15, 0.2) is 5.13 Å². The SMILES string of the molecule is COc1ccc2nc(NC3CCCC(SC)C3)sc2c1. The molecule has 108 valence electrons. The summed E-state index contributed by atoms with van der Waals surface area (Å²) < 4.78 is 6.45. The average Bonchev–Trinajstić information content (AvgIpc) is 2.88. The van der Waals surface area contributed by atoms with E-state index in [0.717, 1.165) is 21.6 Å². The van der Waals surface area contributed by atoms with E-state index < -0.39 is 0 Å². The predicted octanol–water partition coefficient (Wildman–Crippen LogP) is 4.39. The van der Waals surface area contributed by atoms with Gasteiger partial charge in [-0.25, -0.2) is 4.98 Å². The van der Waals surface area contributed by atoms with Gasteiger partial charge in [-0.15, -0.1) is 0 Å². The Morgan fingerprint density at radius 1 is 1.40 bits per heavy atom. The van der Waals surface area contributed by atoms with Gasteiger partial charge in [0.1, 0.15) is 5.75 Å². The van der Waals surface area contributed by atoms with E-state index in [1.165, 1.54) is 30.4 Å². The van der Waals surface area contributed by atoms with Gasteiger partial charge in [0, 0.05) is 11.3 Å². The first-order valence-electron chi connectivity index (χ1n) is 7.02. The molecule has 1 aromatic heterocycles. The van der Waals surface area contributed by atoms with E-state index in [9.17, 15) is 0 Å². The van der Waals surface area contributed by atoms with E-state index in [2.05, 4.69) is 22.6 Å². The van der Waals surface area contributed by atoms with Crippen LogP contribution < -0.4 is 10.1 Å². The maximum Gasteiger partial charge on any atom is 0.184 e. The number of benzene rings is 1. The fraction of sp³-hybridized carbons (Fsp3) is 0.533. The van der Waals surface area contributed by atoms with E-state index in [1.807, 2.05) is 23.9 Å². The summed E-state index contributed by atoms with van der Waals surface area (Å²) >= 11 is 3.72. The molecule has 1 saturated carbocycles. The average molecular weight is 308 g/mol. The van der Waals surface area contributed by atoms with E-state index in [-0.39, 0.29) is 0 Å². The lowest BCUT2D eigenvalue weighted by atomic mass is 9.95. The Morgan fingerprint density at radius 3 is 3.10 bits per heavy atom. The van der Waals surface area contributed by atoms with Crippen LogP contribution in [0.25, 0.3) is 10.2 Å². The first-order valence-corrected chi connectivity index (χ1v) is 9.13. The fourth-order valence-electron chi connectivity index (χ4n) is 2.76. The highest BCUT2D eigenvalue weighted by Crippen LogP contribution is 2.33. The van der Waals surface area contributed by atoms with Gasteiger partial charge in [-0.1, -0.05) is 17.8 Å². The van der Waals surface area contributed by atoms with Gasteiger partial charge in [-0.3, -0.25) is 0 Å². The molecule has 1 fully saturated rings. The largest absolute Gasteiger partial charge is 0.497 e. The lowest BCUT2D eigenvalue weighted by Crippen LogP contribution is -2.28. The fourth-order valence-corrected chi connectivity index (χ4v) is 4.56. The molecule has 1 heterocycles. The number of aromatic nitrogens is 1.